The van der Waals surface area contributed by atoms with E-state index in [-0.39, 0.29) is 0 Å². The van der Waals surface area contributed by atoms with Gasteiger partial charge in [-0.25, -0.2) is 0 Å². The Bertz CT molecular complexity index is 5110. The van der Waals surface area contributed by atoms with Crippen LogP contribution in [0.1, 0.15) is 81.3 Å². The Balaban J connectivity index is 0.880. The largest absolute Gasteiger partial charge is 0.382 e. The van der Waals surface area contributed by atoms with Crippen LogP contribution in [-0.4, -0.2) is 112 Å². The zero-order valence-electron chi connectivity index (χ0n) is 62.4. The summed E-state index contributed by atoms with van der Waals surface area (Å²) in [7, 11) is 6.92. The molecule has 3 aliphatic carbocycles. The standard InChI is InChI=1S/C97H94N2O8/c1-67-30-37-79-81-40-34-74(64-90(81)95(88(79)60-67,44-48-104-56-52-100-3)45-49-105-57-53-101-4)98(75-35-41-82-80-38-31-68(2)61-89(80)96(91(82)65-75,46-50-106-58-54-102-5)47-51-107-59-55-103-6)73-33-39-77(85(63-73)69-20-10-7-11-21-69)70-32-43-94-86(62-70)84-27-17-19-29-93(84)99(94)76-36-42-83-78-26-16-18-28-87(78)97(92(83)66-76,71-22-12-8-13-23-71)72-24-14-9-15-25-72/h7-43,60-66H,44-59H2,1-6H3. The summed E-state index contributed by atoms with van der Waals surface area (Å²) >= 11 is 0. The van der Waals surface area contributed by atoms with E-state index in [0.717, 1.165) is 81.7 Å². The van der Waals surface area contributed by atoms with Gasteiger partial charge in [0.25, 0.3) is 0 Å². The molecule has 10 heteroatoms. The van der Waals surface area contributed by atoms with Crippen molar-refractivity contribution in [1.82, 2.24) is 4.57 Å². The fourth-order valence-electron chi connectivity index (χ4n) is 18.0. The number of anilines is 3. The first-order valence-corrected chi connectivity index (χ1v) is 37.9. The molecular formula is C97H94N2O8. The molecule has 0 radical (unpaired) electrons. The van der Waals surface area contributed by atoms with Crippen molar-refractivity contribution in [2.45, 2.75) is 55.8 Å². The van der Waals surface area contributed by atoms with Gasteiger partial charge in [-0.2, -0.15) is 0 Å². The molecule has 0 spiro atoms. The van der Waals surface area contributed by atoms with E-state index in [4.69, 9.17) is 37.9 Å². The predicted molar refractivity (Wildman–Crippen MR) is 435 cm³/mol. The Labute approximate surface area is 630 Å². The van der Waals surface area contributed by atoms with Crippen molar-refractivity contribution in [2.75, 3.05) is 113 Å². The SMILES string of the molecule is COCCOCCC1(CCOCCOC)c2cc(C)ccc2-c2ccc(N(c3ccc(-c4ccc5c(c4)c4ccccc4n5-c4ccc5c(c4)C(c4ccccc4)(c4ccccc4)c4ccccc4-5)c(-c4ccccc4)c3)c3ccc4c(c3)C(CCOCCOC)(CCOCCOC)c3cc(C)ccc3-4)cc21. The molecule has 1 heterocycles. The van der Waals surface area contributed by atoms with Crippen LogP contribution >= 0.6 is 0 Å². The Morgan fingerprint density at radius 1 is 0.280 bits per heavy atom. The molecule has 10 nitrogen and oxygen atoms in total. The molecule has 0 fully saturated rings. The third-order valence-electron chi connectivity index (χ3n) is 23.0. The minimum Gasteiger partial charge on any atom is -0.382 e. The Hall–Kier alpha value is -10.1. The molecule has 0 atom stereocenters. The number of para-hydroxylation sites is 1. The molecule has 0 saturated carbocycles. The van der Waals surface area contributed by atoms with E-state index in [9.17, 15) is 0 Å². The van der Waals surface area contributed by atoms with Gasteiger partial charge < -0.3 is 47.4 Å². The Kier molecular flexibility index (Phi) is 20.9. The summed E-state index contributed by atoms with van der Waals surface area (Å²) in [6.07, 6.45) is 2.99. The molecule has 13 aromatic rings. The van der Waals surface area contributed by atoms with Crippen LogP contribution in [0, 0.1) is 13.8 Å². The maximum Gasteiger partial charge on any atom is 0.0714 e. The van der Waals surface area contributed by atoms with Crippen LogP contribution in [0.4, 0.5) is 17.1 Å². The number of methoxy groups -OCH3 is 4. The van der Waals surface area contributed by atoms with E-state index in [1.54, 1.807) is 28.4 Å². The van der Waals surface area contributed by atoms with Gasteiger partial charge in [-0.15, -0.1) is 0 Å². The third kappa shape index (κ3) is 13.0. The van der Waals surface area contributed by atoms with E-state index in [1.165, 1.54) is 99.8 Å². The summed E-state index contributed by atoms with van der Waals surface area (Å²) < 4.78 is 50.4. The molecule has 3 aliphatic rings. The third-order valence-corrected chi connectivity index (χ3v) is 23.0. The summed E-state index contributed by atoms with van der Waals surface area (Å²) in [5, 5.41) is 2.37. The fourth-order valence-corrected chi connectivity index (χ4v) is 18.0. The summed E-state index contributed by atoms with van der Waals surface area (Å²) in [5.74, 6) is 0. The molecule has 0 aliphatic heterocycles. The highest BCUT2D eigenvalue weighted by Crippen LogP contribution is 2.60. The van der Waals surface area contributed by atoms with E-state index in [2.05, 4.69) is 290 Å². The maximum absolute atomic E-state index is 6.47. The number of ether oxygens (including phenoxy) is 8. The lowest BCUT2D eigenvalue weighted by molar-refractivity contribution is 0.0490. The monoisotopic (exact) mass is 1410 g/mol. The van der Waals surface area contributed by atoms with E-state index >= 15 is 0 Å². The first kappa shape index (κ1) is 71.2. The smallest absolute Gasteiger partial charge is 0.0714 e. The van der Waals surface area contributed by atoms with Crippen molar-refractivity contribution in [3.63, 3.8) is 0 Å². The molecule has 0 amide bonds. The summed E-state index contributed by atoms with van der Waals surface area (Å²) in [4.78, 5) is 2.51. The fraction of sp³-hybridized carbons (Fsp3) is 0.258. The highest BCUT2D eigenvalue weighted by atomic mass is 16.5. The number of benzene rings is 12. The van der Waals surface area contributed by atoms with Crippen LogP contribution in [0.2, 0.25) is 0 Å². The van der Waals surface area contributed by atoms with Gasteiger partial charge in [-0.3, -0.25) is 0 Å². The van der Waals surface area contributed by atoms with Crippen LogP contribution < -0.4 is 4.90 Å². The van der Waals surface area contributed by atoms with E-state index < -0.39 is 16.2 Å². The van der Waals surface area contributed by atoms with Crippen molar-refractivity contribution < 1.29 is 37.9 Å². The van der Waals surface area contributed by atoms with Crippen LogP contribution in [0.3, 0.4) is 0 Å². The Morgan fingerprint density at radius 3 is 1.21 bits per heavy atom. The van der Waals surface area contributed by atoms with Crippen LogP contribution in [0.25, 0.3) is 83.1 Å². The quantitative estimate of drug-likeness (QED) is 0.0383. The lowest BCUT2D eigenvalue weighted by Crippen LogP contribution is -2.30. The van der Waals surface area contributed by atoms with Crippen LogP contribution in [-0.2, 0) is 54.1 Å². The molecule has 0 N–H and O–H groups in total. The summed E-state index contributed by atoms with van der Waals surface area (Å²) in [6, 6.07) is 101. The minimum absolute atomic E-state index is 0.459. The average Bonchev–Trinajstić information content (AvgIpc) is 1.55. The second-order valence-corrected chi connectivity index (χ2v) is 28.9. The van der Waals surface area contributed by atoms with Crippen LogP contribution in [0.5, 0.6) is 0 Å². The van der Waals surface area contributed by atoms with Gasteiger partial charge in [0.15, 0.2) is 0 Å². The highest BCUT2D eigenvalue weighted by molar-refractivity contribution is 6.11. The first-order valence-electron chi connectivity index (χ1n) is 37.9. The number of rotatable bonds is 32. The highest BCUT2D eigenvalue weighted by Gasteiger charge is 2.48. The van der Waals surface area contributed by atoms with E-state index in [1.807, 2.05) is 0 Å². The normalized spacial score (nSPS) is 13.9. The van der Waals surface area contributed by atoms with Crippen molar-refractivity contribution >= 4 is 38.9 Å². The van der Waals surface area contributed by atoms with Gasteiger partial charge in [0, 0.05) is 99.2 Å². The van der Waals surface area contributed by atoms with Gasteiger partial charge in [-0.1, -0.05) is 211 Å². The van der Waals surface area contributed by atoms with Gasteiger partial charge >= 0.3 is 0 Å². The number of aryl methyl sites for hydroxylation is 2. The lowest BCUT2D eigenvalue weighted by Gasteiger charge is -2.35. The molecule has 0 saturated heterocycles. The lowest BCUT2D eigenvalue weighted by atomic mass is 9.67. The van der Waals surface area contributed by atoms with Gasteiger partial charge in [0.1, 0.15) is 0 Å². The molecule has 1 aromatic heterocycles. The number of hydrogen-bond acceptors (Lipinski definition) is 9. The van der Waals surface area contributed by atoms with Gasteiger partial charge in [0.2, 0.25) is 0 Å². The van der Waals surface area contributed by atoms with Gasteiger partial charge in [-0.05, 0) is 206 Å². The van der Waals surface area contributed by atoms with Crippen molar-refractivity contribution in [3.05, 3.63) is 323 Å². The zero-order chi connectivity index (χ0) is 72.9. The van der Waals surface area contributed by atoms with E-state index in [0.29, 0.717) is 79.3 Å². The number of fused-ring (bicyclic) bond motifs is 12. The van der Waals surface area contributed by atoms with Crippen LogP contribution in [0.15, 0.2) is 267 Å². The number of aromatic nitrogens is 1. The summed E-state index contributed by atoms with van der Waals surface area (Å²) in [6.45, 7) is 10.7. The number of hydrogen-bond donors (Lipinski definition) is 0. The molecule has 12 aromatic carbocycles. The zero-order valence-corrected chi connectivity index (χ0v) is 62.4. The second-order valence-electron chi connectivity index (χ2n) is 28.9. The first-order chi connectivity index (χ1) is 52.7. The topological polar surface area (TPSA) is 82.0 Å². The van der Waals surface area contributed by atoms with Crippen molar-refractivity contribution in [1.29, 1.82) is 0 Å². The average molecular weight is 1420 g/mol. The predicted octanol–water partition coefficient (Wildman–Crippen LogP) is 21.3. The Morgan fingerprint density at radius 2 is 0.692 bits per heavy atom. The molecule has 107 heavy (non-hydrogen) atoms. The summed E-state index contributed by atoms with van der Waals surface area (Å²) in [5.41, 5.74) is 29.6. The van der Waals surface area contributed by atoms with Crippen molar-refractivity contribution in [2.24, 2.45) is 0 Å². The number of nitrogens with zero attached hydrogens (tertiary/aromatic N) is 2. The molecule has 0 unspecified atom stereocenters. The molecule has 16 rings (SSSR count). The second kappa shape index (κ2) is 31.4. The maximum atomic E-state index is 6.47. The minimum atomic E-state index is -0.545. The molecule has 540 valence electrons. The van der Waals surface area contributed by atoms with Gasteiger partial charge in [0.05, 0.1) is 69.3 Å². The van der Waals surface area contributed by atoms with Crippen molar-refractivity contribution in [3.8, 4) is 61.3 Å². The molecule has 0 bridgehead atoms. The molecular weight excluding hydrogens is 1320 g/mol.